The van der Waals surface area contributed by atoms with Gasteiger partial charge in [-0.1, -0.05) is 0 Å². The molecule has 3 fully saturated rings. The predicted octanol–water partition coefficient (Wildman–Crippen LogP) is 1.27. The predicted molar refractivity (Wildman–Crippen MR) is 53.6 cm³/mol. The second-order valence-electron chi connectivity index (χ2n) is 5.69. The molecule has 3 rings (SSSR count). The van der Waals surface area contributed by atoms with E-state index < -0.39 is 0 Å². The topological polar surface area (TPSA) is 40.5 Å². The van der Waals surface area contributed by atoms with Gasteiger partial charge in [0.05, 0.1) is 0 Å². The van der Waals surface area contributed by atoms with E-state index in [0.29, 0.717) is 25.0 Å². The van der Waals surface area contributed by atoms with Crippen LogP contribution in [-0.4, -0.2) is 23.4 Å². The highest BCUT2D eigenvalue weighted by Crippen LogP contribution is 2.61. The van der Waals surface area contributed by atoms with Gasteiger partial charge in [0.2, 0.25) is 0 Å². The molecule has 6 atom stereocenters. The second kappa shape index (κ2) is 3.21. The van der Waals surface area contributed by atoms with Crippen molar-refractivity contribution in [3.8, 4) is 0 Å². The van der Waals surface area contributed by atoms with E-state index in [1.807, 2.05) is 0 Å². The van der Waals surface area contributed by atoms with Crippen LogP contribution < -0.4 is 0 Å². The zero-order valence-corrected chi connectivity index (χ0v) is 8.60. The number of hydrogen-bond donors (Lipinski definition) is 2. The molecule has 0 saturated heterocycles. The normalized spacial score (nSPS) is 55.3. The number of aliphatic hydroxyl groups excluding tert-OH is 2. The molecule has 5 unspecified atom stereocenters. The smallest absolute Gasteiger partial charge is 0.0462 e. The maximum atomic E-state index is 9.28. The lowest BCUT2D eigenvalue weighted by molar-refractivity contribution is 0.120. The third-order valence-corrected chi connectivity index (χ3v) is 5.20. The molecule has 0 amide bonds. The van der Waals surface area contributed by atoms with Crippen LogP contribution in [0, 0.1) is 35.5 Å². The maximum absolute atomic E-state index is 9.28. The van der Waals surface area contributed by atoms with E-state index in [-0.39, 0.29) is 0 Å². The Morgan fingerprint density at radius 1 is 0.786 bits per heavy atom. The molecule has 0 aromatic heterocycles. The van der Waals surface area contributed by atoms with Crippen molar-refractivity contribution in [3.63, 3.8) is 0 Å². The lowest BCUT2D eigenvalue weighted by Crippen LogP contribution is -2.26. The fourth-order valence-corrected chi connectivity index (χ4v) is 4.68. The zero-order valence-electron chi connectivity index (χ0n) is 8.60. The van der Waals surface area contributed by atoms with Gasteiger partial charge in [-0.2, -0.15) is 0 Å². The highest BCUT2D eigenvalue weighted by molar-refractivity contribution is 5.04. The minimum Gasteiger partial charge on any atom is -0.396 e. The summed E-state index contributed by atoms with van der Waals surface area (Å²) in [5.74, 6) is 4.61. The van der Waals surface area contributed by atoms with Crippen LogP contribution >= 0.6 is 0 Å². The average Bonchev–Trinajstić information content (AvgIpc) is 2.87. The molecule has 14 heavy (non-hydrogen) atoms. The van der Waals surface area contributed by atoms with Gasteiger partial charge in [0.25, 0.3) is 0 Å². The fraction of sp³-hybridized carbons (Fsp3) is 1.00. The van der Waals surface area contributed by atoms with Crippen molar-refractivity contribution in [2.75, 3.05) is 13.2 Å². The third-order valence-electron chi connectivity index (χ3n) is 5.20. The SMILES string of the molecule is OCC1CC2C3C[C@H](CC3CO)C2C1. The molecule has 0 radical (unpaired) electrons. The summed E-state index contributed by atoms with van der Waals surface area (Å²) < 4.78 is 0. The van der Waals surface area contributed by atoms with Crippen molar-refractivity contribution in [3.05, 3.63) is 0 Å². The van der Waals surface area contributed by atoms with Crippen molar-refractivity contribution < 1.29 is 10.2 Å². The Labute approximate surface area is 85.3 Å². The molecule has 80 valence electrons. The van der Waals surface area contributed by atoms with E-state index in [9.17, 15) is 10.2 Å². The summed E-state index contributed by atoms with van der Waals surface area (Å²) in [6.07, 6.45) is 5.14. The summed E-state index contributed by atoms with van der Waals surface area (Å²) >= 11 is 0. The highest BCUT2D eigenvalue weighted by atomic mass is 16.3. The van der Waals surface area contributed by atoms with Crippen molar-refractivity contribution >= 4 is 0 Å². The van der Waals surface area contributed by atoms with E-state index in [4.69, 9.17) is 0 Å². The monoisotopic (exact) mass is 196 g/mol. The van der Waals surface area contributed by atoms with Gasteiger partial charge in [0.1, 0.15) is 0 Å². The Morgan fingerprint density at radius 2 is 1.57 bits per heavy atom. The Bertz CT molecular complexity index is 226. The van der Waals surface area contributed by atoms with Gasteiger partial charge in [0.15, 0.2) is 0 Å². The maximum Gasteiger partial charge on any atom is 0.0462 e. The van der Waals surface area contributed by atoms with Gasteiger partial charge in [0, 0.05) is 13.2 Å². The van der Waals surface area contributed by atoms with Gasteiger partial charge < -0.3 is 10.2 Å². The largest absolute Gasteiger partial charge is 0.396 e. The van der Waals surface area contributed by atoms with E-state index in [0.717, 1.165) is 23.7 Å². The third kappa shape index (κ3) is 1.10. The van der Waals surface area contributed by atoms with Gasteiger partial charge in [-0.05, 0) is 61.2 Å². The minimum atomic E-state index is 0.385. The molecule has 3 aliphatic rings. The second-order valence-corrected chi connectivity index (χ2v) is 5.69. The minimum absolute atomic E-state index is 0.385. The van der Waals surface area contributed by atoms with Crippen molar-refractivity contribution in [2.24, 2.45) is 35.5 Å². The number of hydrogen-bond acceptors (Lipinski definition) is 2. The number of aliphatic hydroxyl groups is 2. The van der Waals surface area contributed by atoms with Crippen molar-refractivity contribution in [2.45, 2.75) is 25.7 Å². The van der Waals surface area contributed by atoms with Crippen LogP contribution in [0.2, 0.25) is 0 Å². The molecular weight excluding hydrogens is 176 g/mol. The first kappa shape index (κ1) is 9.17. The number of rotatable bonds is 2. The summed E-state index contributed by atoms with van der Waals surface area (Å²) in [5, 5.41) is 18.5. The standard InChI is InChI=1S/C12H20O2/c13-5-7-1-10-8-3-9(6-14)11(4-8)12(10)2-7/h7-14H,1-6H2/t7?,8-,9?,10?,11?,12?/m0/s1. The molecule has 0 aromatic rings. The molecule has 2 heteroatoms. The molecule has 2 bridgehead atoms. The highest BCUT2D eigenvalue weighted by Gasteiger charge is 2.55. The Hall–Kier alpha value is -0.0800. The van der Waals surface area contributed by atoms with Crippen LogP contribution in [-0.2, 0) is 0 Å². The van der Waals surface area contributed by atoms with Crippen LogP contribution in [0.1, 0.15) is 25.7 Å². The lowest BCUT2D eigenvalue weighted by Gasteiger charge is -2.30. The van der Waals surface area contributed by atoms with E-state index in [1.54, 1.807) is 0 Å². The van der Waals surface area contributed by atoms with E-state index in [2.05, 4.69) is 0 Å². The van der Waals surface area contributed by atoms with Gasteiger partial charge >= 0.3 is 0 Å². The summed E-state index contributed by atoms with van der Waals surface area (Å²) in [6, 6.07) is 0. The quantitative estimate of drug-likeness (QED) is 0.698. The van der Waals surface area contributed by atoms with Crippen molar-refractivity contribution in [1.82, 2.24) is 0 Å². The fourth-order valence-electron chi connectivity index (χ4n) is 4.68. The summed E-state index contributed by atoms with van der Waals surface area (Å²) in [7, 11) is 0. The molecule has 0 heterocycles. The Balaban J connectivity index is 1.75. The van der Waals surface area contributed by atoms with Gasteiger partial charge in [-0.25, -0.2) is 0 Å². The lowest BCUT2D eigenvalue weighted by atomic mass is 9.76. The van der Waals surface area contributed by atoms with Crippen molar-refractivity contribution in [1.29, 1.82) is 0 Å². The van der Waals surface area contributed by atoms with E-state index >= 15 is 0 Å². The first-order chi connectivity index (χ1) is 6.83. The molecule has 3 aliphatic carbocycles. The Morgan fingerprint density at radius 3 is 2.29 bits per heavy atom. The molecule has 2 N–H and O–H groups in total. The van der Waals surface area contributed by atoms with Crippen LogP contribution in [0.3, 0.4) is 0 Å². The Kier molecular flexibility index (Phi) is 2.10. The average molecular weight is 196 g/mol. The van der Waals surface area contributed by atoms with Crippen LogP contribution in [0.4, 0.5) is 0 Å². The van der Waals surface area contributed by atoms with Gasteiger partial charge in [-0.3, -0.25) is 0 Å². The number of fused-ring (bicyclic) bond motifs is 5. The van der Waals surface area contributed by atoms with Crippen LogP contribution in [0.5, 0.6) is 0 Å². The molecule has 0 aliphatic heterocycles. The molecule has 0 spiro atoms. The van der Waals surface area contributed by atoms with Crippen LogP contribution in [0.25, 0.3) is 0 Å². The summed E-state index contributed by atoms with van der Waals surface area (Å²) in [4.78, 5) is 0. The molecule has 0 aromatic carbocycles. The molecule has 3 saturated carbocycles. The van der Waals surface area contributed by atoms with E-state index in [1.165, 1.54) is 25.7 Å². The van der Waals surface area contributed by atoms with Crippen LogP contribution in [0.15, 0.2) is 0 Å². The van der Waals surface area contributed by atoms with Gasteiger partial charge in [-0.15, -0.1) is 0 Å². The molecular formula is C12H20O2. The summed E-state index contributed by atoms with van der Waals surface area (Å²) in [6.45, 7) is 0.782. The molecule has 2 nitrogen and oxygen atoms in total. The zero-order chi connectivity index (χ0) is 9.71. The first-order valence-electron chi connectivity index (χ1n) is 6.05. The first-order valence-corrected chi connectivity index (χ1v) is 6.05. The summed E-state index contributed by atoms with van der Waals surface area (Å²) in [5.41, 5.74) is 0.